The normalized spacial score (nSPS) is 11.1. The third-order valence-corrected chi connectivity index (χ3v) is 5.60. The third-order valence-electron chi connectivity index (χ3n) is 5.19. The number of benzene rings is 1. The average Bonchev–Trinajstić information content (AvgIpc) is 2.72. The molecule has 0 spiro atoms. The van der Waals surface area contributed by atoms with Gasteiger partial charge in [-0.3, -0.25) is 9.78 Å². The van der Waals surface area contributed by atoms with Gasteiger partial charge in [0.2, 0.25) is 0 Å². The van der Waals surface area contributed by atoms with Gasteiger partial charge in [0.25, 0.3) is 5.56 Å². The Balaban J connectivity index is 1.84. The molecule has 7 heteroatoms. The maximum absolute atomic E-state index is 12.8. The van der Waals surface area contributed by atoms with E-state index in [1.54, 1.807) is 6.20 Å². The predicted molar refractivity (Wildman–Crippen MR) is 131 cm³/mol. The van der Waals surface area contributed by atoms with Crippen LogP contribution in [0.25, 0.3) is 10.9 Å². The number of nitrogens with one attached hydrogen (secondary N) is 2. The Bertz CT molecular complexity index is 1090. The van der Waals surface area contributed by atoms with Crippen molar-refractivity contribution in [3.8, 4) is 0 Å². The van der Waals surface area contributed by atoms with Crippen LogP contribution in [0.1, 0.15) is 28.7 Å². The summed E-state index contributed by atoms with van der Waals surface area (Å²) in [5, 5.41) is 5.06. The molecule has 2 aromatic heterocycles. The first-order chi connectivity index (χ1) is 14.8. The van der Waals surface area contributed by atoms with Crippen LogP contribution in [0.2, 0.25) is 0 Å². The highest BCUT2D eigenvalue weighted by Crippen LogP contribution is 2.19. The van der Waals surface area contributed by atoms with Gasteiger partial charge in [-0.2, -0.15) is 0 Å². The summed E-state index contributed by atoms with van der Waals surface area (Å²) in [6.07, 6.45) is 4.58. The molecule has 0 saturated heterocycles. The summed E-state index contributed by atoms with van der Waals surface area (Å²) < 4.78 is 0. The van der Waals surface area contributed by atoms with Gasteiger partial charge in [-0.1, -0.05) is 12.1 Å². The first-order valence-corrected chi connectivity index (χ1v) is 10.9. The minimum Gasteiger partial charge on any atom is -0.363 e. The Labute approximate surface area is 189 Å². The molecule has 164 valence electrons. The van der Waals surface area contributed by atoms with Crippen molar-refractivity contribution < 1.29 is 0 Å². The van der Waals surface area contributed by atoms with Crippen LogP contribution in [0.3, 0.4) is 0 Å². The zero-order valence-corrected chi connectivity index (χ0v) is 19.6. The van der Waals surface area contributed by atoms with E-state index in [1.165, 1.54) is 0 Å². The highest BCUT2D eigenvalue weighted by molar-refractivity contribution is 7.80. The smallest absolute Gasteiger partial charge is 0.253 e. The number of fused-ring (bicyclic) bond motifs is 1. The van der Waals surface area contributed by atoms with E-state index in [2.05, 4.69) is 47.3 Å². The third kappa shape index (κ3) is 6.35. The molecule has 0 amide bonds. The first-order valence-electron chi connectivity index (χ1n) is 10.5. The second-order valence-electron chi connectivity index (χ2n) is 8.27. The zero-order valence-electron chi connectivity index (χ0n) is 18.7. The second kappa shape index (κ2) is 10.5. The van der Waals surface area contributed by atoms with Gasteiger partial charge >= 0.3 is 0 Å². The summed E-state index contributed by atoms with van der Waals surface area (Å²) in [6.45, 7) is 6.88. The summed E-state index contributed by atoms with van der Waals surface area (Å²) in [4.78, 5) is 24.3. The maximum Gasteiger partial charge on any atom is 0.253 e. The average molecular weight is 438 g/mol. The van der Waals surface area contributed by atoms with Crippen LogP contribution < -0.4 is 10.9 Å². The molecule has 0 saturated carbocycles. The molecule has 2 heterocycles. The largest absolute Gasteiger partial charge is 0.363 e. The van der Waals surface area contributed by atoms with Gasteiger partial charge in [-0.15, -0.1) is 0 Å². The molecule has 0 radical (unpaired) electrons. The van der Waals surface area contributed by atoms with Crippen LogP contribution in [0.15, 0.2) is 47.5 Å². The van der Waals surface area contributed by atoms with Crippen molar-refractivity contribution in [1.82, 2.24) is 25.1 Å². The fraction of sp³-hybridized carbons (Fsp3) is 0.375. The van der Waals surface area contributed by atoms with Gasteiger partial charge in [0.1, 0.15) is 0 Å². The van der Waals surface area contributed by atoms with Crippen LogP contribution in [0.4, 0.5) is 0 Å². The maximum atomic E-state index is 12.8. The summed E-state index contributed by atoms with van der Waals surface area (Å²) >= 11 is 5.70. The van der Waals surface area contributed by atoms with Crippen molar-refractivity contribution in [2.75, 3.05) is 27.2 Å². The molecular formula is C24H31N5OS. The monoisotopic (exact) mass is 437 g/mol. The molecule has 0 atom stereocenters. The van der Waals surface area contributed by atoms with Gasteiger partial charge < -0.3 is 20.1 Å². The molecule has 0 bridgehead atoms. The Morgan fingerprint density at radius 2 is 2.00 bits per heavy atom. The number of rotatable bonds is 8. The molecule has 6 nitrogen and oxygen atoms in total. The van der Waals surface area contributed by atoms with E-state index >= 15 is 0 Å². The second-order valence-corrected chi connectivity index (χ2v) is 8.66. The Morgan fingerprint density at radius 3 is 2.71 bits per heavy atom. The lowest BCUT2D eigenvalue weighted by Crippen LogP contribution is -2.40. The van der Waals surface area contributed by atoms with E-state index in [0.29, 0.717) is 23.8 Å². The van der Waals surface area contributed by atoms with Crippen molar-refractivity contribution >= 4 is 28.2 Å². The Hall–Kier alpha value is -2.77. The molecule has 0 aliphatic rings. The summed E-state index contributed by atoms with van der Waals surface area (Å²) in [6, 6.07) is 10.1. The number of hydrogen-bond acceptors (Lipinski definition) is 4. The molecular weight excluding hydrogens is 406 g/mol. The number of thiocarbonyl (C=S) groups is 1. The highest BCUT2D eigenvalue weighted by Gasteiger charge is 2.15. The molecule has 0 unspecified atom stereocenters. The SMILES string of the molecule is Cc1cc(C)c2cc(CN(Cc3cccnc3)C(=S)NCCCN(C)C)c(=O)[nH]c2c1. The summed E-state index contributed by atoms with van der Waals surface area (Å²) in [5.74, 6) is 0. The molecule has 2 N–H and O–H groups in total. The number of pyridine rings is 2. The molecule has 0 aliphatic heterocycles. The number of aromatic amines is 1. The molecule has 0 aliphatic carbocycles. The van der Waals surface area contributed by atoms with Crippen molar-refractivity contribution in [1.29, 1.82) is 0 Å². The standard InChI is InChI=1S/C24H31N5OS/c1-17-11-18(2)21-13-20(23(30)27-22(21)12-17)16-29(15-19-7-5-8-25-14-19)24(31)26-9-6-10-28(3)4/h5,7-8,11-14H,6,9-10,15-16H2,1-4H3,(H,26,31)(H,27,30). The first kappa shape index (κ1) is 22.9. The summed E-state index contributed by atoms with van der Waals surface area (Å²) in [5.41, 5.74) is 4.81. The van der Waals surface area contributed by atoms with Crippen LogP contribution in [0, 0.1) is 13.8 Å². The van der Waals surface area contributed by atoms with Gasteiger partial charge in [-0.05, 0) is 88.0 Å². The van der Waals surface area contributed by atoms with E-state index in [4.69, 9.17) is 12.2 Å². The fourth-order valence-electron chi connectivity index (χ4n) is 3.65. The zero-order chi connectivity index (χ0) is 22.4. The fourth-order valence-corrected chi connectivity index (χ4v) is 3.88. The van der Waals surface area contributed by atoms with E-state index in [1.807, 2.05) is 42.3 Å². The van der Waals surface area contributed by atoms with E-state index in [0.717, 1.165) is 47.1 Å². The van der Waals surface area contributed by atoms with Crippen LogP contribution in [-0.4, -0.2) is 52.1 Å². The van der Waals surface area contributed by atoms with E-state index in [9.17, 15) is 4.79 Å². The lowest BCUT2D eigenvalue weighted by molar-refractivity contribution is 0.383. The number of hydrogen-bond donors (Lipinski definition) is 2. The molecule has 0 fully saturated rings. The van der Waals surface area contributed by atoms with Gasteiger partial charge in [-0.25, -0.2) is 0 Å². The van der Waals surface area contributed by atoms with Crippen molar-refractivity contribution in [3.63, 3.8) is 0 Å². The number of nitrogens with zero attached hydrogens (tertiary/aromatic N) is 3. The number of aryl methyl sites for hydroxylation is 2. The van der Waals surface area contributed by atoms with E-state index < -0.39 is 0 Å². The number of aromatic nitrogens is 2. The van der Waals surface area contributed by atoms with E-state index in [-0.39, 0.29) is 5.56 Å². The lowest BCUT2D eigenvalue weighted by atomic mass is 10.0. The van der Waals surface area contributed by atoms with Crippen LogP contribution in [0.5, 0.6) is 0 Å². The van der Waals surface area contributed by atoms with Gasteiger partial charge in [0, 0.05) is 41.9 Å². The lowest BCUT2D eigenvalue weighted by Gasteiger charge is -2.26. The van der Waals surface area contributed by atoms with Crippen LogP contribution in [-0.2, 0) is 13.1 Å². The highest BCUT2D eigenvalue weighted by atomic mass is 32.1. The molecule has 3 aromatic rings. The minimum absolute atomic E-state index is 0.0795. The number of H-pyrrole nitrogens is 1. The Morgan fingerprint density at radius 1 is 1.19 bits per heavy atom. The predicted octanol–water partition coefficient (Wildman–Crippen LogP) is 3.37. The summed E-state index contributed by atoms with van der Waals surface area (Å²) in [7, 11) is 4.12. The molecule has 31 heavy (non-hydrogen) atoms. The molecule has 3 rings (SSSR count). The van der Waals surface area contributed by atoms with Crippen LogP contribution >= 0.6 is 12.2 Å². The van der Waals surface area contributed by atoms with Gasteiger partial charge in [0.05, 0.1) is 6.54 Å². The topological polar surface area (TPSA) is 64.3 Å². The van der Waals surface area contributed by atoms with Crippen molar-refractivity contribution in [3.05, 3.63) is 75.3 Å². The van der Waals surface area contributed by atoms with Gasteiger partial charge in [0.15, 0.2) is 5.11 Å². The van der Waals surface area contributed by atoms with Crippen molar-refractivity contribution in [2.45, 2.75) is 33.4 Å². The van der Waals surface area contributed by atoms with Crippen molar-refractivity contribution in [2.24, 2.45) is 0 Å². The molecule has 1 aromatic carbocycles. The Kier molecular flexibility index (Phi) is 7.76. The minimum atomic E-state index is -0.0795. The quantitative estimate of drug-likeness (QED) is 0.416.